The predicted octanol–water partition coefficient (Wildman–Crippen LogP) is 3.06. The first-order valence-electron chi connectivity index (χ1n) is 7.91. The number of carbonyl (C=O) groups is 2. The fourth-order valence-corrected chi connectivity index (χ4v) is 2.16. The summed E-state index contributed by atoms with van der Waals surface area (Å²) in [5.74, 6) is 0.354. The Kier molecular flexibility index (Phi) is 8.04. The molecule has 5 nitrogen and oxygen atoms in total. The van der Waals surface area contributed by atoms with E-state index in [1.54, 1.807) is 29.2 Å². The molecule has 0 heterocycles. The summed E-state index contributed by atoms with van der Waals surface area (Å²) in [6, 6.07) is 7.12. The number of ether oxygens (including phenoxy) is 1. The second kappa shape index (κ2) is 9.82. The van der Waals surface area contributed by atoms with Gasteiger partial charge < -0.3 is 15.0 Å². The van der Waals surface area contributed by atoms with Gasteiger partial charge in [-0.25, -0.2) is 0 Å². The van der Waals surface area contributed by atoms with Crippen LogP contribution in [0.15, 0.2) is 24.3 Å². The molecule has 0 aliphatic rings. The molecule has 5 heteroatoms. The molecule has 0 saturated heterocycles. The molecule has 1 aromatic rings. The van der Waals surface area contributed by atoms with E-state index < -0.39 is 0 Å². The highest BCUT2D eigenvalue weighted by atomic mass is 16.5. The lowest BCUT2D eigenvalue weighted by Crippen LogP contribution is -2.35. The number of nitrogens with one attached hydrogen (secondary N) is 1. The Morgan fingerprint density at radius 3 is 2.14 bits per heavy atom. The van der Waals surface area contributed by atoms with Gasteiger partial charge in [-0.05, 0) is 44.0 Å². The number of benzene rings is 1. The Labute approximate surface area is 132 Å². The first kappa shape index (κ1) is 18.0. The molecule has 0 saturated carbocycles. The molecule has 22 heavy (non-hydrogen) atoms. The van der Waals surface area contributed by atoms with Crippen molar-refractivity contribution in [1.82, 2.24) is 4.90 Å². The van der Waals surface area contributed by atoms with Gasteiger partial charge in [-0.2, -0.15) is 0 Å². The van der Waals surface area contributed by atoms with E-state index in [2.05, 4.69) is 5.32 Å². The van der Waals surface area contributed by atoms with Crippen molar-refractivity contribution in [2.24, 2.45) is 0 Å². The predicted molar refractivity (Wildman–Crippen MR) is 88.0 cm³/mol. The van der Waals surface area contributed by atoms with Crippen LogP contribution in [0.25, 0.3) is 0 Å². The molecule has 0 fully saturated rings. The first-order valence-corrected chi connectivity index (χ1v) is 7.91. The zero-order valence-corrected chi connectivity index (χ0v) is 13.7. The van der Waals surface area contributed by atoms with Crippen LogP contribution in [0.1, 0.15) is 40.0 Å². The first-order chi connectivity index (χ1) is 10.6. The molecule has 1 aromatic carbocycles. The van der Waals surface area contributed by atoms with E-state index in [0.717, 1.165) is 18.6 Å². The van der Waals surface area contributed by atoms with Crippen molar-refractivity contribution in [2.75, 3.05) is 25.0 Å². The Morgan fingerprint density at radius 1 is 1.05 bits per heavy atom. The van der Waals surface area contributed by atoms with E-state index in [4.69, 9.17) is 4.74 Å². The van der Waals surface area contributed by atoms with Gasteiger partial charge in [0.1, 0.15) is 12.2 Å². The lowest BCUT2D eigenvalue weighted by Gasteiger charge is -2.21. The third-order valence-electron chi connectivity index (χ3n) is 3.10. The average Bonchev–Trinajstić information content (AvgIpc) is 2.49. The van der Waals surface area contributed by atoms with Crippen molar-refractivity contribution >= 4 is 17.5 Å². The molecule has 0 atom stereocenters. The number of nitrogens with zero attached hydrogens (tertiary/aromatic N) is 1. The topological polar surface area (TPSA) is 58.6 Å². The molecule has 0 bridgehead atoms. The second-order valence-electron chi connectivity index (χ2n) is 5.06. The van der Waals surface area contributed by atoms with Crippen LogP contribution >= 0.6 is 0 Å². The highest BCUT2D eigenvalue weighted by Gasteiger charge is 2.16. The minimum Gasteiger partial charge on any atom is -0.494 e. The molecule has 0 aliphatic carbocycles. The quantitative estimate of drug-likeness (QED) is 0.713. The normalized spacial score (nSPS) is 10.1. The van der Waals surface area contributed by atoms with Gasteiger partial charge in [0.2, 0.25) is 11.8 Å². The van der Waals surface area contributed by atoms with Crippen molar-refractivity contribution in [3.05, 3.63) is 24.3 Å². The van der Waals surface area contributed by atoms with E-state index in [9.17, 15) is 9.59 Å². The Bertz CT molecular complexity index is 465. The van der Waals surface area contributed by atoms with Crippen molar-refractivity contribution in [2.45, 2.75) is 40.0 Å². The van der Waals surface area contributed by atoms with Crippen molar-refractivity contribution < 1.29 is 14.3 Å². The van der Waals surface area contributed by atoms with Crippen molar-refractivity contribution in [1.29, 1.82) is 0 Å². The van der Waals surface area contributed by atoms with Crippen LogP contribution in [0.4, 0.5) is 5.69 Å². The van der Waals surface area contributed by atoms with Gasteiger partial charge in [0.15, 0.2) is 0 Å². The van der Waals surface area contributed by atoms with Crippen LogP contribution in [-0.2, 0) is 9.59 Å². The number of rotatable bonds is 9. The lowest BCUT2D eigenvalue weighted by atomic mass is 10.2. The molecule has 0 aliphatic heterocycles. The van der Waals surface area contributed by atoms with Crippen LogP contribution in [-0.4, -0.2) is 36.4 Å². The van der Waals surface area contributed by atoms with Gasteiger partial charge >= 0.3 is 0 Å². The van der Waals surface area contributed by atoms with E-state index in [-0.39, 0.29) is 18.2 Å². The molecule has 0 aromatic heterocycles. The summed E-state index contributed by atoms with van der Waals surface area (Å²) in [5.41, 5.74) is 0.666. The number of carbonyl (C=O) groups excluding carboxylic acids is 2. The molecule has 1 N–H and O–H groups in total. The van der Waals surface area contributed by atoms with E-state index in [1.165, 1.54) is 0 Å². The van der Waals surface area contributed by atoms with Crippen LogP contribution in [0.5, 0.6) is 5.75 Å². The fraction of sp³-hybridized carbons (Fsp3) is 0.529. The summed E-state index contributed by atoms with van der Waals surface area (Å²) in [7, 11) is 0. The average molecular weight is 306 g/mol. The van der Waals surface area contributed by atoms with Gasteiger partial charge in [0.05, 0.1) is 6.61 Å². The number of anilines is 1. The Hall–Kier alpha value is -2.04. The molecule has 0 unspecified atom stereocenters. The van der Waals surface area contributed by atoms with E-state index in [1.807, 2.05) is 20.8 Å². The zero-order chi connectivity index (χ0) is 16.4. The smallest absolute Gasteiger partial charge is 0.233 e. The Balaban J connectivity index is 2.52. The molecular formula is C17H26N2O3. The van der Waals surface area contributed by atoms with Gasteiger partial charge in [-0.3, -0.25) is 9.59 Å². The highest BCUT2D eigenvalue weighted by Crippen LogP contribution is 2.15. The minimum atomic E-state index is -0.286. The maximum atomic E-state index is 12.1. The summed E-state index contributed by atoms with van der Waals surface area (Å²) < 4.78 is 5.34. The molecule has 0 spiro atoms. The molecule has 1 rings (SSSR count). The van der Waals surface area contributed by atoms with Gasteiger partial charge in [-0.15, -0.1) is 0 Å². The SMILES string of the molecule is CCCN(CCC)C(=O)CC(=O)Nc1ccc(OCC)cc1. The minimum absolute atomic E-state index is 0.118. The molecule has 122 valence electrons. The number of amides is 2. The van der Waals surface area contributed by atoms with Gasteiger partial charge in [-0.1, -0.05) is 13.8 Å². The number of hydrogen-bond acceptors (Lipinski definition) is 3. The molecule has 0 radical (unpaired) electrons. The standard InChI is InChI=1S/C17H26N2O3/c1-4-11-19(12-5-2)17(21)13-16(20)18-14-7-9-15(10-8-14)22-6-3/h7-10H,4-6,11-13H2,1-3H3,(H,18,20). The van der Waals surface area contributed by atoms with E-state index in [0.29, 0.717) is 25.4 Å². The highest BCUT2D eigenvalue weighted by molar-refractivity contribution is 6.03. The maximum Gasteiger partial charge on any atom is 0.233 e. The maximum absolute atomic E-state index is 12.1. The lowest BCUT2D eigenvalue weighted by molar-refractivity contribution is -0.134. The third-order valence-corrected chi connectivity index (χ3v) is 3.10. The summed E-state index contributed by atoms with van der Waals surface area (Å²) >= 11 is 0. The van der Waals surface area contributed by atoms with Crippen LogP contribution in [0.2, 0.25) is 0 Å². The van der Waals surface area contributed by atoms with Crippen molar-refractivity contribution in [3.63, 3.8) is 0 Å². The number of hydrogen-bond donors (Lipinski definition) is 1. The summed E-state index contributed by atoms with van der Waals surface area (Å²) in [5, 5.41) is 2.74. The summed E-state index contributed by atoms with van der Waals surface area (Å²) in [6.07, 6.45) is 1.67. The summed E-state index contributed by atoms with van der Waals surface area (Å²) in [6.45, 7) is 7.96. The monoisotopic (exact) mass is 306 g/mol. The third kappa shape index (κ3) is 6.16. The Morgan fingerprint density at radius 2 is 1.64 bits per heavy atom. The second-order valence-corrected chi connectivity index (χ2v) is 5.06. The van der Waals surface area contributed by atoms with Crippen molar-refractivity contribution in [3.8, 4) is 5.75 Å². The molecular weight excluding hydrogens is 280 g/mol. The van der Waals surface area contributed by atoms with Gasteiger partial charge in [0.25, 0.3) is 0 Å². The van der Waals surface area contributed by atoms with Gasteiger partial charge in [0, 0.05) is 18.8 Å². The van der Waals surface area contributed by atoms with Crippen LogP contribution in [0, 0.1) is 0 Å². The van der Waals surface area contributed by atoms with E-state index >= 15 is 0 Å². The fourth-order valence-electron chi connectivity index (χ4n) is 2.16. The largest absolute Gasteiger partial charge is 0.494 e. The zero-order valence-electron chi connectivity index (χ0n) is 13.7. The van der Waals surface area contributed by atoms with Crippen LogP contribution in [0.3, 0.4) is 0 Å². The van der Waals surface area contributed by atoms with Crippen LogP contribution < -0.4 is 10.1 Å². The summed E-state index contributed by atoms with van der Waals surface area (Å²) in [4.78, 5) is 25.8. The molecule has 2 amide bonds.